The molecule has 26 heavy (non-hydrogen) atoms. The van der Waals surface area contributed by atoms with E-state index in [1.807, 2.05) is 18.2 Å². The molecule has 1 aromatic heterocycles. The molecule has 0 spiro atoms. The summed E-state index contributed by atoms with van der Waals surface area (Å²) in [6.45, 7) is 2.43. The summed E-state index contributed by atoms with van der Waals surface area (Å²) in [6, 6.07) is 18.9. The van der Waals surface area contributed by atoms with Crippen molar-refractivity contribution in [3.05, 3.63) is 60.2 Å². The molecular weight excluding hydrogens is 324 g/mol. The molecule has 4 rings (SSSR count). The first-order valence-electron chi connectivity index (χ1n) is 9.15. The Kier molecular flexibility index (Phi) is 4.97. The van der Waals surface area contributed by atoms with Crippen LogP contribution < -0.4 is 10.2 Å². The Morgan fingerprint density at radius 3 is 2.73 bits per heavy atom. The Morgan fingerprint density at radius 2 is 1.88 bits per heavy atom. The number of rotatable bonds is 6. The minimum absolute atomic E-state index is 0.350. The zero-order chi connectivity index (χ0) is 17.8. The third kappa shape index (κ3) is 3.48. The van der Waals surface area contributed by atoms with Gasteiger partial charge in [-0.15, -0.1) is 0 Å². The van der Waals surface area contributed by atoms with E-state index in [1.54, 1.807) is 7.11 Å². The molecule has 0 bridgehead atoms. The number of anilines is 2. The van der Waals surface area contributed by atoms with Crippen molar-refractivity contribution in [1.29, 1.82) is 0 Å². The van der Waals surface area contributed by atoms with Crippen molar-refractivity contribution < 1.29 is 4.74 Å². The average Bonchev–Trinajstić information content (AvgIpc) is 3.15. The van der Waals surface area contributed by atoms with Gasteiger partial charge in [0, 0.05) is 25.6 Å². The predicted molar refractivity (Wildman–Crippen MR) is 106 cm³/mol. The lowest BCUT2D eigenvalue weighted by atomic mass is 10.2. The maximum Gasteiger partial charge on any atom is 0.228 e. The first kappa shape index (κ1) is 16.8. The van der Waals surface area contributed by atoms with Gasteiger partial charge in [0.15, 0.2) is 0 Å². The van der Waals surface area contributed by atoms with Gasteiger partial charge in [0.1, 0.15) is 5.82 Å². The Labute approximate surface area is 154 Å². The summed E-state index contributed by atoms with van der Waals surface area (Å²) in [7, 11) is 1.75. The molecule has 1 N–H and O–H groups in total. The number of hydrogen-bond donors (Lipinski definition) is 1. The Bertz CT molecular complexity index is 868. The van der Waals surface area contributed by atoms with Crippen molar-refractivity contribution in [2.24, 2.45) is 0 Å². The number of benzene rings is 2. The maximum absolute atomic E-state index is 5.39. The smallest absolute Gasteiger partial charge is 0.228 e. The van der Waals surface area contributed by atoms with Crippen LogP contribution in [0.4, 0.5) is 11.8 Å². The average molecular weight is 348 g/mol. The lowest BCUT2D eigenvalue weighted by Crippen LogP contribution is -2.34. The van der Waals surface area contributed by atoms with Gasteiger partial charge >= 0.3 is 0 Å². The number of aromatic nitrogens is 2. The van der Waals surface area contributed by atoms with Crippen LogP contribution in [0.15, 0.2) is 54.6 Å². The summed E-state index contributed by atoms with van der Waals surface area (Å²) in [5.74, 6) is 1.68. The molecule has 0 amide bonds. The fourth-order valence-corrected chi connectivity index (χ4v) is 3.57. The summed E-state index contributed by atoms with van der Waals surface area (Å²) in [6.07, 6.45) is 2.27. The summed E-state index contributed by atoms with van der Waals surface area (Å²) in [5, 5.41) is 4.56. The van der Waals surface area contributed by atoms with E-state index in [1.165, 1.54) is 5.56 Å². The van der Waals surface area contributed by atoms with Gasteiger partial charge in [0.2, 0.25) is 5.95 Å². The van der Waals surface area contributed by atoms with Crippen molar-refractivity contribution in [1.82, 2.24) is 9.97 Å². The van der Waals surface area contributed by atoms with Crippen LogP contribution in [0.25, 0.3) is 10.9 Å². The van der Waals surface area contributed by atoms with Crippen molar-refractivity contribution >= 4 is 22.7 Å². The monoisotopic (exact) mass is 348 g/mol. The molecule has 1 fully saturated rings. The molecule has 1 aliphatic heterocycles. The molecule has 0 aliphatic carbocycles. The highest BCUT2D eigenvalue weighted by Gasteiger charge is 2.27. The van der Waals surface area contributed by atoms with Crippen molar-refractivity contribution in [3.63, 3.8) is 0 Å². The number of nitrogens with one attached hydrogen (secondary N) is 1. The van der Waals surface area contributed by atoms with Crippen LogP contribution in [0, 0.1) is 0 Å². The second kappa shape index (κ2) is 7.70. The minimum Gasteiger partial charge on any atom is -0.383 e. The molecule has 2 aromatic carbocycles. The first-order valence-corrected chi connectivity index (χ1v) is 9.15. The highest BCUT2D eigenvalue weighted by molar-refractivity contribution is 5.90. The van der Waals surface area contributed by atoms with E-state index in [0.29, 0.717) is 12.6 Å². The zero-order valence-electron chi connectivity index (χ0n) is 15.1. The Hall–Kier alpha value is -2.66. The molecule has 3 aromatic rings. The molecule has 5 heteroatoms. The molecule has 5 nitrogen and oxygen atoms in total. The summed E-state index contributed by atoms with van der Waals surface area (Å²) >= 11 is 0. The quantitative estimate of drug-likeness (QED) is 0.733. The molecule has 1 unspecified atom stereocenters. The van der Waals surface area contributed by atoms with Crippen LogP contribution in [0.3, 0.4) is 0 Å². The fraction of sp³-hybridized carbons (Fsp3) is 0.333. The summed E-state index contributed by atoms with van der Waals surface area (Å²) < 4.78 is 5.39. The number of nitrogens with zero attached hydrogens (tertiary/aromatic N) is 3. The fourth-order valence-electron chi connectivity index (χ4n) is 3.57. The first-order chi connectivity index (χ1) is 12.8. The number of methoxy groups -OCH3 is 1. The van der Waals surface area contributed by atoms with E-state index in [-0.39, 0.29) is 0 Å². The Morgan fingerprint density at radius 1 is 1.08 bits per heavy atom. The number of hydrogen-bond acceptors (Lipinski definition) is 5. The van der Waals surface area contributed by atoms with Gasteiger partial charge < -0.3 is 15.0 Å². The van der Waals surface area contributed by atoms with E-state index in [0.717, 1.165) is 48.6 Å². The van der Waals surface area contributed by atoms with E-state index in [4.69, 9.17) is 14.7 Å². The van der Waals surface area contributed by atoms with Gasteiger partial charge in [-0.25, -0.2) is 4.98 Å². The molecule has 134 valence electrons. The van der Waals surface area contributed by atoms with Crippen molar-refractivity contribution in [2.45, 2.75) is 25.4 Å². The second-order valence-corrected chi connectivity index (χ2v) is 6.67. The SMILES string of the molecule is COCC1CCCN1c1nc(NCc2ccccc2)c2ccccc2n1. The lowest BCUT2D eigenvalue weighted by molar-refractivity contribution is 0.180. The molecule has 1 saturated heterocycles. The van der Waals surface area contributed by atoms with Crippen LogP contribution >= 0.6 is 0 Å². The molecule has 0 radical (unpaired) electrons. The summed E-state index contributed by atoms with van der Waals surface area (Å²) in [4.78, 5) is 12.0. The van der Waals surface area contributed by atoms with Gasteiger partial charge in [-0.1, -0.05) is 42.5 Å². The van der Waals surface area contributed by atoms with E-state index >= 15 is 0 Å². The van der Waals surface area contributed by atoms with Gasteiger partial charge in [-0.3, -0.25) is 0 Å². The number of fused-ring (bicyclic) bond motifs is 1. The van der Waals surface area contributed by atoms with Crippen LogP contribution in [-0.2, 0) is 11.3 Å². The highest BCUT2D eigenvalue weighted by atomic mass is 16.5. The zero-order valence-corrected chi connectivity index (χ0v) is 15.1. The molecule has 0 saturated carbocycles. The van der Waals surface area contributed by atoms with Crippen LogP contribution in [0.1, 0.15) is 18.4 Å². The minimum atomic E-state index is 0.350. The second-order valence-electron chi connectivity index (χ2n) is 6.67. The molecule has 2 heterocycles. The van der Waals surface area contributed by atoms with Gasteiger partial charge in [0.05, 0.1) is 18.2 Å². The van der Waals surface area contributed by atoms with E-state index < -0.39 is 0 Å². The maximum atomic E-state index is 5.39. The lowest BCUT2D eigenvalue weighted by Gasteiger charge is -2.25. The normalized spacial score (nSPS) is 17.0. The highest BCUT2D eigenvalue weighted by Crippen LogP contribution is 2.28. The van der Waals surface area contributed by atoms with Crippen molar-refractivity contribution in [2.75, 3.05) is 30.5 Å². The number of ether oxygens (including phenoxy) is 1. The van der Waals surface area contributed by atoms with Crippen molar-refractivity contribution in [3.8, 4) is 0 Å². The predicted octanol–water partition coefficient (Wildman–Crippen LogP) is 3.86. The van der Waals surface area contributed by atoms with Crippen LogP contribution in [0.2, 0.25) is 0 Å². The standard InChI is InChI=1S/C21H24N4O/c1-26-15-17-10-7-13-25(17)21-23-19-12-6-5-11-18(19)20(24-21)22-14-16-8-3-2-4-9-16/h2-6,8-9,11-12,17H,7,10,13-15H2,1H3,(H,22,23,24). The third-order valence-corrected chi connectivity index (χ3v) is 4.89. The largest absolute Gasteiger partial charge is 0.383 e. The summed E-state index contributed by atoms with van der Waals surface area (Å²) in [5.41, 5.74) is 2.20. The number of para-hydroxylation sites is 1. The van der Waals surface area contributed by atoms with Crippen LogP contribution in [0.5, 0.6) is 0 Å². The van der Waals surface area contributed by atoms with E-state index in [9.17, 15) is 0 Å². The van der Waals surface area contributed by atoms with Gasteiger partial charge in [-0.2, -0.15) is 4.98 Å². The molecule has 1 atom stereocenters. The van der Waals surface area contributed by atoms with Gasteiger partial charge in [-0.05, 0) is 30.5 Å². The third-order valence-electron chi connectivity index (χ3n) is 4.89. The topological polar surface area (TPSA) is 50.3 Å². The Balaban J connectivity index is 1.67. The van der Waals surface area contributed by atoms with Crippen LogP contribution in [-0.4, -0.2) is 36.3 Å². The molecular formula is C21H24N4O. The molecule has 1 aliphatic rings. The van der Waals surface area contributed by atoms with Gasteiger partial charge in [0.25, 0.3) is 0 Å². The van der Waals surface area contributed by atoms with E-state index in [2.05, 4.69) is 46.6 Å².